The second kappa shape index (κ2) is 60.1. The molecule has 0 saturated carbocycles. The van der Waals surface area contributed by atoms with E-state index in [1.165, 1.54) is 141 Å². The molecule has 0 rings (SSSR count). The van der Waals surface area contributed by atoms with E-state index in [0.717, 1.165) is 116 Å². The quantitative estimate of drug-likeness (QED) is 0.0261. The van der Waals surface area contributed by atoms with Crippen molar-refractivity contribution in [1.29, 1.82) is 0 Å². The van der Waals surface area contributed by atoms with E-state index in [4.69, 9.17) is 14.2 Å². The number of allylic oxidation sites excluding steroid dienone is 14. The lowest BCUT2D eigenvalue weighted by atomic mass is 10.0. The van der Waals surface area contributed by atoms with Crippen molar-refractivity contribution < 1.29 is 28.6 Å². The molecule has 1 unspecified atom stereocenters. The molecule has 72 heavy (non-hydrogen) atoms. The fourth-order valence-corrected chi connectivity index (χ4v) is 8.52. The van der Waals surface area contributed by atoms with E-state index in [-0.39, 0.29) is 31.1 Å². The van der Waals surface area contributed by atoms with Gasteiger partial charge in [-0.1, -0.05) is 247 Å². The van der Waals surface area contributed by atoms with E-state index in [0.29, 0.717) is 19.3 Å². The van der Waals surface area contributed by atoms with Crippen molar-refractivity contribution in [1.82, 2.24) is 0 Å². The maximum atomic E-state index is 12.9. The molecule has 0 aromatic carbocycles. The fraction of sp³-hybridized carbons (Fsp3) is 0.742. The van der Waals surface area contributed by atoms with Crippen molar-refractivity contribution in [2.24, 2.45) is 0 Å². The molecule has 0 spiro atoms. The second-order valence-corrected chi connectivity index (χ2v) is 20.2. The molecule has 0 aliphatic carbocycles. The van der Waals surface area contributed by atoms with Crippen LogP contribution >= 0.6 is 0 Å². The van der Waals surface area contributed by atoms with E-state index in [9.17, 15) is 14.4 Å². The minimum absolute atomic E-state index is 0.0847. The zero-order valence-corrected chi connectivity index (χ0v) is 47.4. The number of hydrogen-bond acceptors (Lipinski definition) is 6. The predicted molar refractivity (Wildman–Crippen MR) is 311 cm³/mol. The molecule has 0 N–H and O–H groups in total. The summed E-state index contributed by atoms with van der Waals surface area (Å²) < 4.78 is 16.9. The summed E-state index contributed by atoms with van der Waals surface area (Å²) in [5.74, 6) is -0.901. The lowest BCUT2D eigenvalue weighted by molar-refractivity contribution is -0.167. The summed E-state index contributed by atoms with van der Waals surface area (Å²) in [4.78, 5) is 38.2. The largest absolute Gasteiger partial charge is 0.462 e. The van der Waals surface area contributed by atoms with Gasteiger partial charge in [0.1, 0.15) is 13.2 Å². The van der Waals surface area contributed by atoms with Crippen molar-refractivity contribution in [3.63, 3.8) is 0 Å². The average Bonchev–Trinajstić information content (AvgIpc) is 3.38. The molecule has 414 valence electrons. The average molecular weight is 1000 g/mol. The van der Waals surface area contributed by atoms with Crippen LogP contribution in [0.1, 0.15) is 297 Å². The second-order valence-electron chi connectivity index (χ2n) is 20.2. The normalized spacial score (nSPS) is 12.7. The SMILES string of the molecule is CC/C=C\C/C=C\C/C=C\C/C=C\CCCCCCCCCCCCCCC(=O)OCC(COC(=O)CCCCCCC/C=C\CCCCCC)OC(=O)CCCCCCC/C=C\C/C=C\CCCCCC. The zero-order chi connectivity index (χ0) is 52.2. The highest BCUT2D eigenvalue weighted by atomic mass is 16.6. The van der Waals surface area contributed by atoms with Gasteiger partial charge in [0.15, 0.2) is 6.10 Å². The molecule has 0 aromatic rings. The fourth-order valence-electron chi connectivity index (χ4n) is 8.52. The lowest BCUT2D eigenvalue weighted by Gasteiger charge is -2.18. The molecule has 0 aliphatic rings. The Kier molecular flexibility index (Phi) is 57.3. The first-order valence-corrected chi connectivity index (χ1v) is 30.6. The van der Waals surface area contributed by atoms with Gasteiger partial charge in [-0.05, 0) is 116 Å². The first-order chi connectivity index (χ1) is 35.5. The van der Waals surface area contributed by atoms with E-state index < -0.39 is 6.10 Å². The monoisotopic (exact) mass is 1000 g/mol. The Bertz CT molecular complexity index is 1380. The van der Waals surface area contributed by atoms with Crippen LogP contribution in [-0.2, 0) is 28.6 Å². The van der Waals surface area contributed by atoms with Crippen LogP contribution in [0, 0.1) is 0 Å². The van der Waals surface area contributed by atoms with E-state index >= 15 is 0 Å². The Morgan fingerprint density at radius 3 is 0.861 bits per heavy atom. The van der Waals surface area contributed by atoms with Gasteiger partial charge >= 0.3 is 17.9 Å². The van der Waals surface area contributed by atoms with Gasteiger partial charge < -0.3 is 14.2 Å². The van der Waals surface area contributed by atoms with Crippen molar-refractivity contribution in [3.05, 3.63) is 85.1 Å². The maximum Gasteiger partial charge on any atom is 0.306 e. The van der Waals surface area contributed by atoms with Crippen LogP contribution in [0.5, 0.6) is 0 Å². The summed E-state index contributed by atoms with van der Waals surface area (Å²) in [7, 11) is 0. The van der Waals surface area contributed by atoms with Crippen LogP contribution < -0.4 is 0 Å². The smallest absolute Gasteiger partial charge is 0.306 e. The van der Waals surface area contributed by atoms with Gasteiger partial charge in [0.05, 0.1) is 0 Å². The van der Waals surface area contributed by atoms with E-state index in [1.807, 2.05) is 0 Å². The molecule has 1 atom stereocenters. The minimum Gasteiger partial charge on any atom is -0.462 e. The molecule has 0 radical (unpaired) electrons. The third-order valence-electron chi connectivity index (χ3n) is 13.1. The molecular weight excluding hydrogens is 889 g/mol. The Labute approximate surface area is 445 Å². The summed E-state index contributed by atoms with van der Waals surface area (Å²) in [6, 6.07) is 0. The maximum absolute atomic E-state index is 12.9. The van der Waals surface area contributed by atoms with Crippen molar-refractivity contribution in [3.8, 4) is 0 Å². The summed E-state index contributed by atoms with van der Waals surface area (Å²) in [6.45, 7) is 6.50. The molecule has 0 amide bonds. The lowest BCUT2D eigenvalue weighted by Crippen LogP contribution is -2.30. The number of unbranched alkanes of at least 4 members (excludes halogenated alkanes) is 30. The van der Waals surface area contributed by atoms with Crippen LogP contribution in [0.3, 0.4) is 0 Å². The molecule has 0 aliphatic heterocycles. The van der Waals surface area contributed by atoms with Gasteiger partial charge in [0.2, 0.25) is 0 Å². The molecule has 0 aromatic heterocycles. The highest BCUT2D eigenvalue weighted by Crippen LogP contribution is 2.16. The molecule has 0 heterocycles. The molecule has 6 heteroatoms. The Hall–Kier alpha value is -3.41. The number of rotatable bonds is 55. The van der Waals surface area contributed by atoms with Crippen LogP contribution in [-0.4, -0.2) is 37.2 Å². The standard InChI is InChI=1S/C66H114O6/c1-4-7-10-13-16-19-22-25-27-29-30-31-32-33-34-35-36-37-39-41-44-47-50-53-56-59-65(68)71-62-63(61-70-64(67)58-55-52-49-46-43-40-24-21-18-15-12-9-6-3)72-66(69)60-57-54-51-48-45-42-38-28-26-23-20-17-14-11-8-5-2/h7,10,16,19-21,23-25,27-28,30-31,38,63H,4-6,8-9,11-15,17-18,22,26,29,32-37,39-62H2,1-3H3/b10-7-,19-16-,23-20-,24-21-,27-25-,31-30-,38-28-. The van der Waals surface area contributed by atoms with Crippen LogP contribution in [0.4, 0.5) is 0 Å². The zero-order valence-electron chi connectivity index (χ0n) is 47.4. The number of hydrogen-bond donors (Lipinski definition) is 0. The predicted octanol–water partition coefficient (Wildman–Crippen LogP) is 20.7. The van der Waals surface area contributed by atoms with E-state index in [1.54, 1.807) is 0 Å². The third-order valence-corrected chi connectivity index (χ3v) is 13.1. The van der Waals surface area contributed by atoms with Crippen molar-refractivity contribution >= 4 is 17.9 Å². The summed E-state index contributed by atoms with van der Waals surface area (Å²) in [5, 5.41) is 0. The number of ether oxygens (including phenoxy) is 3. The van der Waals surface area contributed by atoms with Crippen LogP contribution in [0.25, 0.3) is 0 Å². The van der Waals surface area contributed by atoms with Crippen molar-refractivity contribution in [2.75, 3.05) is 13.2 Å². The molecule has 0 saturated heterocycles. The summed E-state index contributed by atoms with van der Waals surface area (Å²) >= 11 is 0. The Balaban J connectivity index is 4.31. The minimum atomic E-state index is -0.788. The van der Waals surface area contributed by atoms with Crippen LogP contribution in [0.2, 0.25) is 0 Å². The Morgan fingerprint density at radius 2 is 0.542 bits per heavy atom. The third kappa shape index (κ3) is 57.5. The topological polar surface area (TPSA) is 78.9 Å². The highest BCUT2D eigenvalue weighted by molar-refractivity contribution is 5.71. The van der Waals surface area contributed by atoms with Gasteiger partial charge in [0.25, 0.3) is 0 Å². The van der Waals surface area contributed by atoms with E-state index in [2.05, 4.69) is 106 Å². The van der Waals surface area contributed by atoms with Gasteiger partial charge in [-0.2, -0.15) is 0 Å². The number of carbonyl (C=O) groups is 3. The van der Waals surface area contributed by atoms with Crippen molar-refractivity contribution in [2.45, 2.75) is 303 Å². The summed E-state index contributed by atoms with van der Waals surface area (Å²) in [5.41, 5.74) is 0. The van der Waals surface area contributed by atoms with Crippen LogP contribution in [0.15, 0.2) is 85.1 Å². The summed E-state index contributed by atoms with van der Waals surface area (Å²) in [6.07, 6.45) is 78.6. The first-order valence-electron chi connectivity index (χ1n) is 30.6. The first kappa shape index (κ1) is 68.6. The molecule has 0 bridgehead atoms. The molecule has 6 nitrogen and oxygen atoms in total. The highest BCUT2D eigenvalue weighted by Gasteiger charge is 2.19. The van der Waals surface area contributed by atoms with Gasteiger partial charge in [-0.15, -0.1) is 0 Å². The van der Waals surface area contributed by atoms with Gasteiger partial charge in [0, 0.05) is 19.3 Å². The Morgan fingerprint density at radius 1 is 0.292 bits per heavy atom. The number of carbonyl (C=O) groups excluding carboxylic acids is 3. The number of esters is 3. The van der Waals surface area contributed by atoms with Gasteiger partial charge in [-0.3, -0.25) is 14.4 Å². The molecular formula is C66H114O6. The molecule has 0 fully saturated rings. The van der Waals surface area contributed by atoms with Gasteiger partial charge in [-0.25, -0.2) is 0 Å².